The van der Waals surface area contributed by atoms with Gasteiger partial charge in [-0.05, 0) is 23.8 Å². The van der Waals surface area contributed by atoms with E-state index in [0.717, 1.165) is 0 Å². The van der Waals surface area contributed by atoms with E-state index < -0.39 is 18.4 Å². The number of carbonyl (C=O) groups is 2. The van der Waals surface area contributed by atoms with Crippen molar-refractivity contribution >= 4 is 18.0 Å². The molecular weight excluding hydrogens is 264 g/mol. The molecule has 6 nitrogen and oxygen atoms in total. The van der Waals surface area contributed by atoms with Gasteiger partial charge in [0.1, 0.15) is 0 Å². The molecule has 0 aromatic heterocycles. The van der Waals surface area contributed by atoms with Crippen LogP contribution in [0.15, 0.2) is 23.8 Å². The van der Waals surface area contributed by atoms with Crippen LogP contribution in [0.1, 0.15) is 12.0 Å². The minimum absolute atomic E-state index is 0.0484. The van der Waals surface area contributed by atoms with E-state index in [1.807, 2.05) is 0 Å². The Morgan fingerprint density at radius 3 is 2.30 bits per heavy atom. The summed E-state index contributed by atoms with van der Waals surface area (Å²) in [5.41, 5.74) is 0.663. The van der Waals surface area contributed by atoms with Crippen molar-refractivity contribution in [3.63, 3.8) is 0 Å². The van der Waals surface area contributed by atoms with Gasteiger partial charge in [-0.2, -0.15) is 0 Å². The Hall–Kier alpha value is -2.50. The zero-order chi connectivity index (χ0) is 15.1. The molecule has 20 heavy (non-hydrogen) atoms. The molecule has 0 fully saturated rings. The fourth-order valence-corrected chi connectivity index (χ4v) is 1.62. The zero-order valence-electron chi connectivity index (χ0n) is 11.5. The summed E-state index contributed by atoms with van der Waals surface area (Å²) in [7, 11) is 4.20. The first-order chi connectivity index (χ1) is 9.51. The number of esters is 1. The smallest absolute Gasteiger partial charge is 0.334 e. The molecular formula is C14H16O6. The van der Waals surface area contributed by atoms with Gasteiger partial charge in [0, 0.05) is 5.57 Å². The van der Waals surface area contributed by atoms with Crippen LogP contribution >= 0.6 is 0 Å². The van der Waals surface area contributed by atoms with Gasteiger partial charge in [0.05, 0.1) is 27.8 Å². The highest BCUT2D eigenvalue weighted by Gasteiger charge is 2.14. The van der Waals surface area contributed by atoms with Gasteiger partial charge in [-0.3, -0.25) is 4.79 Å². The molecule has 0 atom stereocenters. The molecule has 1 rings (SSSR count). The fraction of sp³-hybridized carbons (Fsp3) is 0.286. The van der Waals surface area contributed by atoms with Gasteiger partial charge in [-0.25, -0.2) is 4.79 Å². The van der Waals surface area contributed by atoms with E-state index in [1.54, 1.807) is 18.2 Å². The van der Waals surface area contributed by atoms with Crippen LogP contribution in [0.4, 0.5) is 0 Å². The largest absolute Gasteiger partial charge is 0.493 e. The topological polar surface area (TPSA) is 82.1 Å². The van der Waals surface area contributed by atoms with E-state index in [9.17, 15) is 9.59 Å². The maximum absolute atomic E-state index is 11.5. The molecule has 0 saturated heterocycles. The van der Waals surface area contributed by atoms with E-state index in [2.05, 4.69) is 4.74 Å². The Labute approximate surface area is 116 Å². The molecule has 0 aliphatic rings. The highest BCUT2D eigenvalue weighted by Crippen LogP contribution is 2.28. The summed E-state index contributed by atoms with van der Waals surface area (Å²) in [5.74, 6) is -0.757. The molecule has 0 radical (unpaired) electrons. The molecule has 108 valence electrons. The van der Waals surface area contributed by atoms with Crippen molar-refractivity contribution in [3.8, 4) is 11.5 Å². The molecule has 6 heteroatoms. The van der Waals surface area contributed by atoms with Crippen LogP contribution in [-0.2, 0) is 14.3 Å². The number of carboxylic acids is 1. The molecule has 1 N–H and O–H groups in total. The third-order valence-electron chi connectivity index (χ3n) is 2.54. The number of rotatable bonds is 6. The second-order valence-electron chi connectivity index (χ2n) is 3.85. The quantitative estimate of drug-likeness (QED) is 0.631. The Morgan fingerprint density at radius 1 is 1.15 bits per heavy atom. The van der Waals surface area contributed by atoms with Crippen molar-refractivity contribution in [3.05, 3.63) is 29.3 Å². The summed E-state index contributed by atoms with van der Waals surface area (Å²) in [6.07, 6.45) is 1.03. The van der Waals surface area contributed by atoms with Crippen LogP contribution in [0.5, 0.6) is 11.5 Å². The second kappa shape index (κ2) is 7.18. The standard InChI is InChI=1S/C14H16O6/c1-18-11-5-4-9(7-12(11)19-2)6-10(8-13(15)16)14(17)20-3/h4-7H,8H2,1-3H3,(H,15,16). The molecule has 0 aliphatic heterocycles. The number of benzene rings is 1. The van der Waals surface area contributed by atoms with E-state index in [0.29, 0.717) is 17.1 Å². The average molecular weight is 280 g/mol. The number of carbonyl (C=O) groups excluding carboxylic acids is 1. The second-order valence-corrected chi connectivity index (χ2v) is 3.85. The van der Waals surface area contributed by atoms with E-state index in [1.165, 1.54) is 27.4 Å². The van der Waals surface area contributed by atoms with E-state index in [-0.39, 0.29) is 5.57 Å². The van der Waals surface area contributed by atoms with Crippen LogP contribution in [0.2, 0.25) is 0 Å². The summed E-state index contributed by atoms with van der Waals surface area (Å²) in [5, 5.41) is 8.80. The molecule has 0 unspecified atom stereocenters. The third kappa shape index (κ3) is 4.01. The molecule has 0 heterocycles. The van der Waals surface area contributed by atoms with Gasteiger partial charge >= 0.3 is 11.9 Å². The molecule has 0 spiro atoms. The van der Waals surface area contributed by atoms with Crippen LogP contribution in [0.3, 0.4) is 0 Å². The Morgan fingerprint density at radius 2 is 1.80 bits per heavy atom. The highest BCUT2D eigenvalue weighted by atomic mass is 16.5. The molecule has 0 aliphatic carbocycles. The zero-order valence-corrected chi connectivity index (χ0v) is 11.5. The maximum atomic E-state index is 11.5. The minimum Gasteiger partial charge on any atom is -0.493 e. The van der Waals surface area contributed by atoms with Gasteiger partial charge in [0.2, 0.25) is 0 Å². The van der Waals surface area contributed by atoms with Crippen molar-refractivity contribution in [1.29, 1.82) is 0 Å². The Kier molecular flexibility index (Phi) is 5.58. The number of hydrogen-bond donors (Lipinski definition) is 1. The molecule has 0 amide bonds. The molecule has 1 aromatic carbocycles. The molecule has 0 saturated carbocycles. The van der Waals surface area contributed by atoms with Gasteiger partial charge in [-0.1, -0.05) is 6.07 Å². The summed E-state index contributed by atoms with van der Waals surface area (Å²) in [6.45, 7) is 0. The Bertz CT molecular complexity index is 532. The predicted molar refractivity (Wildman–Crippen MR) is 71.8 cm³/mol. The van der Waals surface area contributed by atoms with Crippen molar-refractivity contribution < 1.29 is 28.9 Å². The monoisotopic (exact) mass is 280 g/mol. The lowest BCUT2D eigenvalue weighted by Crippen LogP contribution is -2.09. The first-order valence-electron chi connectivity index (χ1n) is 5.74. The predicted octanol–water partition coefficient (Wildman–Crippen LogP) is 1.73. The SMILES string of the molecule is COC(=O)C(=Cc1ccc(OC)c(OC)c1)CC(=O)O. The van der Waals surface area contributed by atoms with Crippen LogP contribution in [0, 0.1) is 0 Å². The molecule has 1 aromatic rings. The average Bonchev–Trinajstić information content (AvgIpc) is 2.45. The van der Waals surface area contributed by atoms with Crippen molar-refractivity contribution in [2.75, 3.05) is 21.3 Å². The van der Waals surface area contributed by atoms with Crippen LogP contribution in [0.25, 0.3) is 6.08 Å². The lowest BCUT2D eigenvalue weighted by Gasteiger charge is -2.08. The summed E-state index contributed by atoms with van der Waals surface area (Å²) >= 11 is 0. The third-order valence-corrected chi connectivity index (χ3v) is 2.54. The lowest BCUT2D eigenvalue weighted by molar-refractivity contribution is -0.141. The molecule has 0 bridgehead atoms. The maximum Gasteiger partial charge on any atom is 0.334 e. The summed E-state index contributed by atoms with van der Waals surface area (Å²) in [6, 6.07) is 5.00. The van der Waals surface area contributed by atoms with E-state index in [4.69, 9.17) is 14.6 Å². The Balaban J connectivity index is 3.16. The minimum atomic E-state index is -1.11. The van der Waals surface area contributed by atoms with Gasteiger partial charge in [0.15, 0.2) is 11.5 Å². The van der Waals surface area contributed by atoms with Crippen molar-refractivity contribution in [1.82, 2.24) is 0 Å². The lowest BCUT2D eigenvalue weighted by atomic mass is 10.1. The first-order valence-corrected chi connectivity index (χ1v) is 5.74. The summed E-state index contributed by atoms with van der Waals surface area (Å²) < 4.78 is 14.8. The number of carboxylic acid groups (broad SMARTS) is 1. The van der Waals surface area contributed by atoms with Crippen molar-refractivity contribution in [2.24, 2.45) is 0 Å². The fourth-order valence-electron chi connectivity index (χ4n) is 1.62. The van der Waals surface area contributed by atoms with Crippen LogP contribution < -0.4 is 9.47 Å². The normalized spacial score (nSPS) is 10.8. The van der Waals surface area contributed by atoms with E-state index >= 15 is 0 Å². The van der Waals surface area contributed by atoms with Gasteiger partial charge in [-0.15, -0.1) is 0 Å². The number of aliphatic carboxylic acids is 1. The van der Waals surface area contributed by atoms with Crippen molar-refractivity contribution in [2.45, 2.75) is 6.42 Å². The first kappa shape index (κ1) is 15.6. The number of methoxy groups -OCH3 is 3. The number of ether oxygens (including phenoxy) is 3. The highest BCUT2D eigenvalue weighted by molar-refractivity contribution is 5.97. The summed E-state index contributed by atoms with van der Waals surface area (Å²) in [4.78, 5) is 22.3. The number of hydrogen-bond acceptors (Lipinski definition) is 5. The van der Waals surface area contributed by atoms with Gasteiger partial charge < -0.3 is 19.3 Å². The van der Waals surface area contributed by atoms with Gasteiger partial charge in [0.25, 0.3) is 0 Å². The van der Waals surface area contributed by atoms with Crippen LogP contribution in [-0.4, -0.2) is 38.4 Å².